The van der Waals surface area contributed by atoms with Crippen LogP contribution in [0.4, 0.5) is 0 Å². The van der Waals surface area contributed by atoms with E-state index in [0.29, 0.717) is 19.8 Å². The van der Waals surface area contributed by atoms with E-state index in [4.69, 9.17) is 14.2 Å². The number of hydrogen-bond acceptors (Lipinski definition) is 5. The first-order valence-corrected chi connectivity index (χ1v) is 5.69. The van der Waals surface area contributed by atoms with Gasteiger partial charge in [-0.1, -0.05) is 6.92 Å². The van der Waals surface area contributed by atoms with Crippen LogP contribution in [0.3, 0.4) is 0 Å². The minimum Gasteiger partial charge on any atom is -0.464 e. The van der Waals surface area contributed by atoms with Crippen LogP contribution in [0.1, 0.15) is 13.8 Å². The molecule has 0 heterocycles. The second-order valence-corrected chi connectivity index (χ2v) is 3.28. The van der Waals surface area contributed by atoms with Crippen molar-refractivity contribution in [1.29, 1.82) is 0 Å². The summed E-state index contributed by atoms with van der Waals surface area (Å²) in [4.78, 5) is 13.2. The number of carbonyl (C=O) groups excluding carboxylic acids is 1. The largest absolute Gasteiger partial charge is 0.464 e. The average molecular weight is 233 g/mol. The number of carbonyl (C=O) groups is 1. The molecule has 0 aliphatic carbocycles. The second-order valence-electron chi connectivity index (χ2n) is 3.28. The Morgan fingerprint density at radius 1 is 1.19 bits per heavy atom. The molecule has 0 aliphatic rings. The smallest absolute Gasteiger partial charge is 0.332 e. The van der Waals surface area contributed by atoms with E-state index < -0.39 is 0 Å². The lowest BCUT2D eigenvalue weighted by Gasteiger charge is -2.19. The molecule has 0 amide bonds. The summed E-state index contributed by atoms with van der Waals surface area (Å²) in [6.07, 6.45) is 0. The Morgan fingerprint density at radius 3 is 2.44 bits per heavy atom. The van der Waals surface area contributed by atoms with Crippen LogP contribution in [-0.4, -0.2) is 64.0 Å². The molecule has 0 rings (SSSR count). The fourth-order valence-electron chi connectivity index (χ4n) is 1.20. The summed E-state index contributed by atoms with van der Waals surface area (Å²) in [6.45, 7) is 8.19. The van der Waals surface area contributed by atoms with Gasteiger partial charge in [0, 0.05) is 20.2 Å². The van der Waals surface area contributed by atoms with Gasteiger partial charge >= 0.3 is 5.97 Å². The molecule has 5 nitrogen and oxygen atoms in total. The zero-order valence-corrected chi connectivity index (χ0v) is 10.5. The van der Waals surface area contributed by atoms with E-state index in [9.17, 15) is 4.79 Å². The van der Waals surface area contributed by atoms with Gasteiger partial charge in [-0.25, -0.2) is 4.79 Å². The Kier molecular flexibility index (Phi) is 10.4. The van der Waals surface area contributed by atoms with Gasteiger partial charge in [0.1, 0.15) is 6.61 Å². The molecule has 0 aromatic carbocycles. The predicted octanol–water partition coefficient (Wildman–Crippen LogP) is 0.534. The number of esters is 1. The standard InChI is InChI=1S/C11H23NO4/c1-4-12(6-8-14-3)7-9-15-10-11(13)16-5-2/h4-10H2,1-3H3. The highest BCUT2D eigenvalue weighted by Crippen LogP contribution is 1.89. The lowest BCUT2D eigenvalue weighted by atomic mass is 10.5. The third kappa shape index (κ3) is 8.64. The maximum Gasteiger partial charge on any atom is 0.332 e. The maximum atomic E-state index is 10.9. The zero-order chi connectivity index (χ0) is 12.2. The molecule has 0 radical (unpaired) electrons. The zero-order valence-electron chi connectivity index (χ0n) is 10.5. The van der Waals surface area contributed by atoms with Gasteiger partial charge in [0.15, 0.2) is 0 Å². The molecule has 0 bridgehead atoms. The van der Waals surface area contributed by atoms with Crippen molar-refractivity contribution in [2.45, 2.75) is 13.8 Å². The van der Waals surface area contributed by atoms with Gasteiger partial charge in [-0.3, -0.25) is 4.90 Å². The van der Waals surface area contributed by atoms with Crippen LogP contribution in [0.2, 0.25) is 0 Å². The fourth-order valence-corrected chi connectivity index (χ4v) is 1.20. The molecule has 0 aliphatic heterocycles. The van der Waals surface area contributed by atoms with Gasteiger partial charge in [0.05, 0.1) is 19.8 Å². The Bertz CT molecular complexity index is 175. The van der Waals surface area contributed by atoms with Crippen LogP contribution in [-0.2, 0) is 19.0 Å². The van der Waals surface area contributed by atoms with Crippen molar-refractivity contribution < 1.29 is 19.0 Å². The van der Waals surface area contributed by atoms with E-state index in [2.05, 4.69) is 11.8 Å². The first-order valence-electron chi connectivity index (χ1n) is 5.69. The van der Waals surface area contributed by atoms with Crippen molar-refractivity contribution in [2.75, 3.05) is 53.2 Å². The van der Waals surface area contributed by atoms with Crippen LogP contribution in [0, 0.1) is 0 Å². The van der Waals surface area contributed by atoms with E-state index in [1.54, 1.807) is 14.0 Å². The van der Waals surface area contributed by atoms with E-state index in [-0.39, 0.29) is 12.6 Å². The Labute approximate surface area is 97.7 Å². The van der Waals surface area contributed by atoms with Crippen LogP contribution in [0.5, 0.6) is 0 Å². The lowest BCUT2D eigenvalue weighted by molar-refractivity contribution is -0.148. The van der Waals surface area contributed by atoms with Crippen LogP contribution < -0.4 is 0 Å². The van der Waals surface area contributed by atoms with E-state index >= 15 is 0 Å². The van der Waals surface area contributed by atoms with Crippen LogP contribution in [0.15, 0.2) is 0 Å². The summed E-state index contributed by atoms with van der Waals surface area (Å²) in [6, 6.07) is 0. The number of likely N-dealkylation sites (N-methyl/N-ethyl adjacent to an activating group) is 1. The monoisotopic (exact) mass is 233 g/mol. The fraction of sp³-hybridized carbons (Fsp3) is 0.909. The molecular formula is C11H23NO4. The average Bonchev–Trinajstić information content (AvgIpc) is 2.28. The van der Waals surface area contributed by atoms with Crippen LogP contribution in [0.25, 0.3) is 0 Å². The number of rotatable bonds is 10. The third-order valence-electron chi connectivity index (χ3n) is 2.14. The molecular weight excluding hydrogens is 210 g/mol. The normalized spacial score (nSPS) is 10.8. The van der Waals surface area contributed by atoms with Crippen molar-refractivity contribution in [2.24, 2.45) is 0 Å². The number of nitrogens with zero attached hydrogens (tertiary/aromatic N) is 1. The highest BCUT2D eigenvalue weighted by Gasteiger charge is 2.04. The molecule has 16 heavy (non-hydrogen) atoms. The van der Waals surface area contributed by atoms with Crippen LogP contribution >= 0.6 is 0 Å². The molecule has 0 saturated heterocycles. The molecule has 0 fully saturated rings. The first-order chi connectivity index (χ1) is 7.74. The first kappa shape index (κ1) is 15.3. The third-order valence-corrected chi connectivity index (χ3v) is 2.14. The topological polar surface area (TPSA) is 48.0 Å². The Hall–Kier alpha value is -0.650. The molecule has 0 unspecified atom stereocenters. The van der Waals surface area contributed by atoms with E-state index in [1.807, 2.05) is 0 Å². The molecule has 0 saturated carbocycles. The number of ether oxygens (including phenoxy) is 3. The summed E-state index contributed by atoms with van der Waals surface area (Å²) in [7, 11) is 1.69. The summed E-state index contributed by atoms with van der Waals surface area (Å²) in [5.41, 5.74) is 0. The van der Waals surface area contributed by atoms with Gasteiger partial charge in [-0.2, -0.15) is 0 Å². The number of methoxy groups -OCH3 is 1. The SMILES string of the molecule is CCOC(=O)COCCN(CC)CCOC. The summed E-state index contributed by atoms with van der Waals surface area (Å²) >= 11 is 0. The van der Waals surface area contributed by atoms with E-state index in [1.165, 1.54) is 0 Å². The second kappa shape index (κ2) is 10.9. The number of hydrogen-bond donors (Lipinski definition) is 0. The van der Waals surface area contributed by atoms with Gasteiger partial charge in [0.2, 0.25) is 0 Å². The van der Waals surface area contributed by atoms with Gasteiger partial charge in [-0.05, 0) is 13.5 Å². The minimum atomic E-state index is -0.303. The summed E-state index contributed by atoms with van der Waals surface area (Å²) in [5, 5.41) is 0. The lowest BCUT2D eigenvalue weighted by Crippen LogP contribution is -2.31. The highest BCUT2D eigenvalue weighted by molar-refractivity contribution is 5.70. The molecule has 0 aromatic rings. The van der Waals surface area contributed by atoms with Crippen molar-refractivity contribution in [3.63, 3.8) is 0 Å². The van der Waals surface area contributed by atoms with E-state index in [0.717, 1.165) is 19.6 Å². The summed E-state index contributed by atoms with van der Waals surface area (Å²) in [5.74, 6) is -0.303. The molecule has 0 spiro atoms. The maximum absolute atomic E-state index is 10.9. The van der Waals surface area contributed by atoms with Gasteiger partial charge in [-0.15, -0.1) is 0 Å². The van der Waals surface area contributed by atoms with Crippen molar-refractivity contribution in [3.8, 4) is 0 Å². The predicted molar refractivity (Wildman–Crippen MR) is 61.4 cm³/mol. The van der Waals surface area contributed by atoms with Gasteiger partial charge < -0.3 is 14.2 Å². The highest BCUT2D eigenvalue weighted by atomic mass is 16.6. The minimum absolute atomic E-state index is 0.0374. The Morgan fingerprint density at radius 2 is 1.88 bits per heavy atom. The van der Waals surface area contributed by atoms with Crippen molar-refractivity contribution in [3.05, 3.63) is 0 Å². The quantitative estimate of drug-likeness (QED) is 0.407. The Balaban J connectivity index is 3.43. The van der Waals surface area contributed by atoms with Crippen molar-refractivity contribution >= 4 is 5.97 Å². The van der Waals surface area contributed by atoms with Gasteiger partial charge in [0.25, 0.3) is 0 Å². The molecule has 0 atom stereocenters. The molecule has 0 aromatic heterocycles. The molecule has 0 N–H and O–H groups in total. The van der Waals surface area contributed by atoms with Crippen molar-refractivity contribution in [1.82, 2.24) is 4.90 Å². The molecule has 96 valence electrons. The summed E-state index contributed by atoms with van der Waals surface area (Å²) < 4.78 is 14.9. The molecule has 5 heteroatoms.